The van der Waals surface area contributed by atoms with Gasteiger partial charge in [-0.2, -0.15) is 4.31 Å². The number of aryl methyl sites for hydroxylation is 1. The Labute approximate surface area is 173 Å². The van der Waals surface area contributed by atoms with Gasteiger partial charge < -0.3 is 5.32 Å². The van der Waals surface area contributed by atoms with Crippen molar-refractivity contribution in [1.82, 2.24) is 19.3 Å². The highest BCUT2D eigenvalue weighted by Gasteiger charge is 2.27. The molecule has 1 aliphatic heterocycles. The Morgan fingerprint density at radius 2 is 1.83 bits per heavy atom. The van der Waals surface area contributed by atoms with E-state index in [2.05, 4.69) is 15.6 Å². The summed E-state index contributed by atoms with van der Waals surface area (Å²) in [4.78, 5) is 12.3. The number of nitrogens with one attached hydrogen (secondary N) is 1. The molecule has 0 bridgehead atoms. The first-order valence-corrected chi connectivity index (χ1v) is 11.3. The molecule has 3 aromatic rings. The smallest absolute Gasteiger partial charge is 0.243 e. The van der Waals surface area contributed by atoms with Gasteiger partial charge in [0.15, 0.2) is 0 Å². The molecule has 0 atom stereocenters. The van der Waals surface area contributed by atoms with Crippen LogP contribution in [0.2, 0.25) is 0 Å². The quantitative estimate of drug-likeness (QED) is 0.620. The van der Waals surface area contributed by atoms with Gasteiger partial charge in [0.1, 0.15) is 11.3 Å². The van der Waals surface area contributed by atoms with Gasteiger partial charge in [0.05, 0.1) is 10.4 Å². The van der Waals surface area contributed by atoms with Crippen molar-refractivity contribution in [2.45, 2.75) is 37.1 Å². The second-order valence-electron chi connectivity index (χ2n) is 7.23. The number of carbonyl (C=O) groups is 1. The molecule has 0 unspecified atom stereocenters. The summed E-state index contributed by atoms with van der Waals surface area (Å²) in [6, 6.07) is 10.4. The molecule has 0 spiro atoms. The number of carbonyl (C=O) groups excluding carboxylic acids is 1. The van der Waals surface area contributed by atoms with E-state index in [0.717, 1.165) is 12.8 Å². The molecule has 1 aliphatic rings. The Hall–Kier alpha value is -2.85. The van der Waals surface area contributed by atoms with Crippen molar-refractivity contribution < 1.29 is 17.6 Å². The van der Waals surface area contributed by atoms with E-state index in [9.17, 15) is 17.6 Å². The SMILES string of the molecule is O=C(CCCn1nnc2cc(S(=O)(=O)N3CCCC3)ccc21)Nc1ccc(F)cc1. The number of sulfonamides is 1. The van der Waals surface area contributed by atoms with Gasteiger partial charge in [0.25, 0.3) is 0 Å². The molecule has 1 fully saturated rings. The number of rotatable bonds is 7. The topological polar surface area (TPSA) is 97.2 Å². The standard InChI is InChI=1S/C20H22FN5O3S/c21-15-5-7-16(8-6-15)22-20(27)4-3-13-26-19-10-9-17(14-18(19)23-24-26)30(28,29)25-11-1-2-12-25/h5-10,14H,1-4,11-13H2,(H,22,27). The molecular weight excluding hydrogens is 409 g/mol. The highest BCUT2D eigenvalue weighted by Crippen LogP contribution is 2.23. The summed E-state index contributed by atoms with van der Waals surface area (Å²) in [7, 11) is -3.50. The maximum Gasteiger partial charge on any atom is 0.243 e. The lowest BCUT2D eigenvalue weighted by Gasteiger charge is -2.15. The summed E-state index contributed by atoms with van der Waals surface area (Å²) in [5.74, 6) is -0.535. The zero-order chi connectivity index (χ0) is 21.1. The highest BCUT2D eigenvalue weighted by molar-refractivity contribution is 7.89. The second-order valence-corrected chi connectivity index (χ2v) is 9.17. The monoisotopic (exact) mass is 431 g/mol. The summed E-state index contributed by atoms with van der Waals surface area (Å²) in [5, 5.41) is 10.9. The van der Waals surface area contributed by atoms with E-state index >= 15 is 0 Å². The summed E-state index contributed by atoms with van der Waals surface area (Å²) in [6.45, 7) is 1.56. The number of halogens is 1. The Morgan fingerprint density at radius 3 is 2.57 bits per heavy atom. The fraction of sp³-hybridized carbons (Fsp3) is 0.350. The second kappa shape index (κ2) is 8.49. The normalized spacial score (nSPS) is 15.0. The molecule has 0 saturated carbocycles. The fourth-order valence-electron chi connectivity index (χ4n) is 3.50. The van der Waals surface area contributed by atoms with E-state index in [1.807, 2.05) is 0 Å². The third-order valence-electron chi connectivity index (χ3n) is 5.09. The number of hydrogen-bond donors (Lipinski definition) is 1. The molecule has 30 heavy (non-hydrogen) atoms. The van der Waals surface area contributed by atoms with Gasteiger partial charge in [0, 0.05) is 31.7 Å². The van der Waals surface area contributed by atoms with Crippen LogP contribution in [-0.2, 0) is 21.4 Å². The molecule has 158 valence electrons. The Balaban J connectivity index is 1.38. The Bertz CT molecular complexity index is 1150. The average molecular weight is 431 g/mol. The summed E-state index contributed by atoms with van der Waals surface area (Å²) >= 11 is 0. The number of anilines is 1. The van der Waals surface area contributed by atoms with Crippen molar-refractivity contribution >= 4 is 32.7 Å². The van der Waals surface area contributed by atoms with Crippen LogP contribution in [0.1, 0.15) is 25.7 Å². The van der Waals surface area contributed by atoms with Crippen molar-refractivity contribution in [2.24, 2.45) is 0 Å². The average Bonchev–Trinajstić information content (AvgIpc) is 3.40. The number of aromatic nitrogens is 3. The first kappa shape index (κ1) is 20.4. The number of fused-ring (bicyclic) bond motifs is 1. The molecule has 1 amide bonds. The number of benzene rings is 2. The lowest BCUT2D eigenvalue weighted by Crippen LogP contribution is -2.27. The number of nitrogens with zero attached hydrogens (tertiary/aromatic N) is 4. The van der Waals surface area contributed by atoms with Crippen LogP contribution in [0.5, 0.6) is 0 Å². The van der Waals surface area contributed by atoms with Crippen molar-refractivity contribution in [1.29, 1.82) is 0 Å². The molecule has 10 heteroatoms. The molecule has 2 heterocycles. The van der Waals surface area contributed by atoms with Crippen molar-refractivity contribution in [2.75, 3.05) is 18.4 Å². The molecule has 1 N–H and O–H groups in total. The highest BCUT2D eigenvalue weighted by atomic mass is 32.2. The predicted octanol–water partition coefficient (Wildman–Crippen LogP) is 2.77. The van der Waals surface area contributed by atoms with E-state index in [1.54, 1.807) is 22.9 Å². The number of amides is 1. The van der Waals surface area contributed by atoms with Gasteiger partial charge in [-0.3, -0.25) is 4.79 Å². The van der Waals surface area contributed by atoms with E-state index < -0.39 is 10.0 Å². The Morgan fingerprint density at radius 1 is 1.10 bits per heavy atom. The van der Waals surface area contributed by atoms with Crippen molar-refractivity contribution in [3.8, 4) is 0 Å². The van der Waals surface area contributed by atoms with Crippen LogP contribution in [0.4, 0.5) is 10.1 Å². The summed E-state index contributed by atoms with van der Waals surface area (Å²) in [6.07, 6.45) is 2.55. The zero-order valence-electron chi connectivity index (χ0n) is 16.3. The first-order valence-electron chi connectivity index (χ1n) is 9.82. The minimum Gasteiger partial charge on any atom is -0.326 e. The zero-order valence-corrected chi connectivity index (χ0v) is 17.1. The number of hydrogen-bond acceptors (Lipinski definition) is 5. The molecule has 4 rings (SSSR count). The Kier molecular flexibility index (Phi) is 5.78. The van der Waals surface area contributed by atoms with Crippen LogP contribution in [0.3, 0.4) is 0 Å². The fourth-order valence-corrected chi connectivity index (χ4v) is 5.04. The van der Waals surface area contributed by atoms with Gasteiger partial charge in [-0.25, -0.2) is 17.5 Å². The van der Waals surface area contributed by atoms with Gasteiger partial charge >= 0.3 is 0 Å². The third-order valence-corrected chi connectivity index (χ3v) is 6.98. The molecule has 0 radical (unpaired) electrons. The molecule has 1 saturated heterocycles. The summed E-state index contributed by atoms with van der Waals surface area (Å²) < 4.78 is 41.5. The maximum absolute atomic E-state index is 12.9. The van der Waals surface area contributed by atoms with E-state index in [-0.39, 0.29) is 23.0 Å². The molecule has 2 aromatic carbocycles. The lowest BCUT2D eigenvalue weighted by atomic mass is 10.2. The van der Waals surface area contributed by atoms with Crippen molar-refractivity contribution in [3.63, 3.8) is 0 Å². The van der Waals surface area contributed by atoms with E-state index in [0.29, 0.717) is 42.8 Å². The molecule has 0 aliphatic carbocycles. The minimum absolute atomic E-state index is 0.176. The summed E-state index contributed by atoms with van der Waals surface area (Å²) in [5.41, 5.74) is 1.76. The predicted molar refractivity (Wildman–Crippen MR) is 110 cm³/mol. The van der Waals surface area contributed by atoms with Crippen LogP contribution in [0.25, 0.3) is 11.0 Å². The van der Waals surface area contributed by atoms with Gasteiger partial charge in [-0.15, -0.1) is 5.10 Å². The van der Waals surface area contributed by atoms with E-state index in [1.165, 1.54) is 28.6 Å². The molecule has 8 nitrogen and oxygen atoms in total. The van der Waals surface area contributed by atoms with Crippen LogP contribution in [0, 0.1) is 5.82 Å². The first-order chi connectivity index (χ1) is 14.4. The third kappa shape index (κ3) is 4.34. The van der Waals surface area contributed by atoms with Gasteiger partial charge in [-0.1, -0.05) is 5.21 Å². The van der Waals surface area contributed by atoms with Gasteiger partial charge in [-0.05, 0) is 61.7 Å². The van der Waals surface area contributed by atoms with E-state index in [4.69, 9.17) is 0 Å². The van der Waals surface area contributed by atoms with Gasteiger partial charge in [0.2, 0.25) is 15.9 Å². The van der Waals surface area contributed by atoms with Crippen LogP contribution < -0.4 is 5.32 Å². The lowest BCUT2D eigenvalue weighted by molar-refractivity contribution is -0.116. The largest absolute Gasteiger partial charge is 0.326 e. The van der Waals surface area contributed by atoms with Crippen LogP contribution in [-0.4, -0.2) is 46.7 Å². The minimum atomic E-state index is -3.50. The maximum atomic E-state index is 12.9. The van der Waals surface area contributed by atoms with Crippen LogP contribution in [0.15, 0.2) is 47.4 Å². The molecule has 1 aromatic heterocycles. The van der Waals surface area contributed by atoms with Crippen LogP contribution >= 0.6 is 0 Å². The molecular formula is C20H22FN5O3S. The van der Waals surface area contributed by atoms with Crippen molar-refractivity contribution in [3.05, 3.63) is 48.3 Å².